The van der Waals surface area contributed by atoms with Gasteiger partial charge in [0.1, 0.15) is 11.5 Å². The van der Waals surface area contributed by atoms with E-state index in [2.05, 4.69) is 0 Å². The third kappa shape index (κ3) is 5.26. The summed E-state index contributed by atoms with van der Waals surface area (Å²) in [5, 5.41) is 0.485. The minimum absolute atomic E-state index is 0.0823. The van der Waals surface area contributed by atoms with Gasteiger partial charge < -0.3 is 9.47 Å². The quantitative estimate of drug-likeness (QED) is 0.446. The average molecular weight is 466 g/mol. The summed E-state index contributed by atoms with van der Waals surface area (Å²) in [6, 6.07) is 18.9. The Labute approximate surface area is 186 Å². The van der Waals surface area contributed by atoms with Gasteiger partial charge in [0, 0.05) is 13.1 Å². The highest BCUT2D eigenvalue weighted by atomic mass is 35.5. The second kappa shape index (κ2) is 9.71. The molecule has 0 unspecified atom stereocenters. The largest absolute Gasteiger partial charge is 0.497 e. The first-order valence-corrected chi connectivity index (χ1v) is 11.2. The Hall–Kier alpha value is -2.25. The zero-order chi connectivity index (χ0) is 21.7. The highest BCUT2D eigenvalue weighted by Gasteiger charge is 2.26. The average Bonchev–Trinajstić information content (AvgIpc) is 2.76. The molecule has 0 aromatic heterocycles. The predicted octanol–water partition coefficient (Wildman–Crippen LogP) is 5.40. The van der Waals surface area contributed by atoms with Crippen molar-refractivity contribution in [1.82, 2.24) is 4.31 Å². The molecule has 158 valence electrons. The maximum Gasteiger partial charge on any atom is 0.243 e. The van der Waals surface area contributed by atoms with Gasteiger partial charge >= 0.3 is 0 Å². The number of halogens is 2. The van der Waals surface area contributed by atoms with Gasteiger partial charge in [-0.15, -0.1) is 0 Å². The van der Waals surface area contributed by atoms with Crippen molar-refractivity contribution in [1.29, 1.82) is 0 Å². The van der Waals surface area contributed by atoms with Crippen LogP contribution in [0, 0.1) is 0 Å². The molecular formula is C22H21Cl2NO4S. The van der Waals surface area contributed by atoms with Crippen LogP contribution in [0.15, 0.2) is 71.6 Å². The van der Waals surface area contributed by atoms with Crippen molar-refractivity contribution in [3.8, 4) is 11.5 Å². The number of ether oxygens (including phenoxy) is 2. The van der Waals surface area contributed by atoms with Crippen LogP contribution in [0.1, 0.15) is 11.1 Å². The van der Waals surface area contributed by atoms with Gasteiger partial charge in [0.25, 0.3) is 0 Å². The van der Waals surface area contributed by atoms with Gasteiger partial charge in [0.05, 0.1) is 29.2 Å². The highest BCUT2D eigenvalue weighted by Crippen LogP contribution is 2.28. The molecule has 0 fully saturated rings. The van der Waals surface area contributed by atoms with E-state index in [-0.39, 0.29) is 23.0 Å². The molecule has 3 aromatic rings. The molecule has 3 rings (SSSR count). The molecule has 0 amide bonds. The predicted molar refractivity (Wildman–Crippen MR) is 119 cm³/mol. The fraction of sp³-hybridized carbons (Fsp3) is 0.182. The van der Waals surface area contributed by atoms with E-state index in [0.717, 1.165) is 11.1 Å². The summed E-state index contributed by atoms with van der Waals surface area (Å²) in [6.07, 6.45) is 0. The van der Waals surface area contributed by atoms with Crippen LogP contribution in [-0.4, -0.2) is 26.9 Å². The number of benzene rings is 3. The van der Waals surface area contributed by atoms with Gasteiger partial charge in [0.15, 0.2) is 0 Å². The summed E-state index contributed by atoms with van der Waals surface area (Å²) in [4.78, 5) is 0.0823. The van der Waals surface area contributed by atoms with Gasteiger partial charge in [0.2, 0.25) is 10.0 Å². The summed E-state index contributed by atoms with van der Waals surface area (Å²) >= 11 is 12.0. The first kappa shape index (κ1) is 22.4. The Bertz CT molecular complexity index is 1050. The lowest BCUT2D eigenvalue weighted by Gasteiger charge is -2.23. The van der Waals surface area contributed by atoms with E-state index in [1.807, 2.05) is 24.3 Å². The topological polar surface area (TPSA) is 55.8 Å². The van der Waals surface area contributed by atoms with Gasteiger partial charge in [-0.1, -0.05) is 47.5 Å². The second-order valence-corrected chi connectivity index (χ2v) is 9.30. The maximum absolute atomic E-state index is 13.4. The van der Waals surface area contributed by atoms with E-state index in [4.69, 9.17) is 32.7 Å². The third-order valence-electron chi connectivity index (χ3n) is 4.56. The smallest absolute Gasteiger partial charge is 0.243 e. The number of nitrogens with zero attached hydrogens (tertiary/aromatic N) is 1. The molecule has 0 bridgehead atoms. The van der Waals surface area contributed by atoms with Crippen LogP contribution in [-0.2, 0) is 23.1 Å². The molecule has 0 aliphatic carbocycles. The summed E-state index contributed by atoms with van der Waals surface area (Å²) < 4.78 is 38.6. The first-order chi connectivity index (χ1) is 14.3. The van der Waals surface area contributed by atoms with E-state index in [0.29, 0.717) is 16.5 Å². The summed E-state index contributed by atoms with van der Waals surface area (Å²) in [5.41, 5.74) is 1.65. The molecule has 0 saturated heterocycles. The molecule has 0 aliphatic rings. The first-order valence-electron chi connectivity index (χ1n) is 9.04. The molecule has 0 N–H and O–H groups in total. The van der Waals surface area contributed by atoms with Crippen LogP contribution in [0.2, 0.25) is 10.0 Å². The molecule has 5 nitrogen and oxygen atoms in total. The van der Waals surface area contributed by atoms with Crippen LogP contribution in [0.3, 0.4) is 0 Å². The van der Waals surface area contributed by atoms with Crippen LogP contribution in [0.5, 0.6) is 11.5 Å². The van der Waals surface area contributed by atoms with Crippen molar-refractivity contribution >= 4 is 33.2 Å². The van der Waals surface area contributed by atoms with Crippen molar-refractivity contribution in [2.75, 3.05) is 14.2 Å². The number of methoxy groups -OCH3 is 2. The van der Waals surface area contributed by atoms with E-state index < -0.39 is 10.0 Å². The fourth-order valence-corrected chi connectivity index (χ4v) is 4.69. The van der Waals surface area contributed by atoms with Gasteiger partial charge in [-0.25, -0.2) is 8.42 Å². The van der Waals surface area contributed by atoms with E-state index >= 15 is 0 Å². The Morgan fingerprint density at radius 1 is 0.733 bits per heavy atom. The van der Waals surface area contributed by atoms with Crippen molar-refractivity contribution in [3.05, 3.63) is 87.9 Å². The van der Waals surface area contributed by atoms with Crippen LogP contribution < -0.4 is 9.47 Å². The lowest BCUT2D eigenvalue weighted by molar-refractivity contribution is 0.397. The fourth-order valence-electron chi connectivity index (χ4n) is 2.88. The van der Waals surface area contributed by atoms with Crippen molar-refractivity contribution < 1.29 is 17.9 Å². The molecule has 0 spiro atoms. The Morgan fingerprint density at radius 2 is 1.20 bits per heavy atom. The van der Waals surface area contributed by atoms with Crippen LogP contribution in [0.4, 0.5) is 0 Å². The summed E-state index contributed by atoms with van der Waals surface area (Å²) in [6.45, 7) is 0.358. The van der Waals surface area contributed by atoms with Crippen LogP contribution >= 0.6 is 23.2 Å². The SMILES string of the molecule is COc1ccc(CN(Cc2ccc(OC)cc2)S(=O)(=O)c2ccc(Cl)c(Cl)c2)cc1. The molecule has 0 saturated carbocycles. The lowest BCUT2D eigenvalue weighted by atomic mass is 10.2. The zero-order valence-corrected chi connectivity index (χ0v) is 18.8. The standard InChI is InChI=1S/C22H21Cl2NO4S/c1-28-18-7-3-16(4-8-18)14-25(15-17-5-9-19(29-2)10-6-17)30(26,27)20-11-12-21(23)22(24)13-20/h3-13H,14-15H2,1-2H3. The highest BCUT2D eigenvalue weighted by molar-refractivity contribution is 7.89. The molecule has 0 heterocycles. The molecule has 0 aliphatic heterocycles. The van der Waals surface area contributed by atoms with E-state index in [1.165, 1.54) is 22.5 Å². The summed E-state index contributed by atoms with van der Waals surface area (Å²) in [5.74, 6) is 1.40. The zero-order valence-electron chi connectivity index (χ0n) is 16.5. The maximum atomic E-state index is 13.4. The van der Waals surface area contributed by atoms with Gasteiger partial charge in [-0.05, 0) is 53.6 Å². The second-order valence-electron chi connectivity index (χ2n) is 6.55. The number of hydrogen-bond donors (Lipinski definition) is 0. The Balaban J connectivity index is 1.96. The lowest BCUT2D eigenvalue weighted by Crippen LogP contribution is -2.30. The van der Waals surface area contributed by atoms with Gasteiger partial charge in [-0.2, -0.15) is 4.31 Å². The minimum atomic E-state index is -3.84. The molecule has 8 heteroatoms. The monoisotopic (exact) mass is 465 g/mol. The number of sulfonamides is 1. The molecular weight excluding hydrogens is 445 g/mol. The number of rotatable bonds is 8. The van der Waals surface area contributed by atoms with Gasteiger partial charge in [-0.3, -0.25) is 0 Å². The normalized spacial score (nSPS) is 11.5. The molecule has 30 heavy (non-hydrogen) atoms. The van der Waals surface area contributed by atoms with Crippen LogP contribution in [0.25, 0.3) is 0 Å². The Kier molecular flexibility index (Phi) is 7.26. The van der Waals surface area contributed by atoms with Crippen molar-refractivity contribution in [2.24, 2.45) is 0 Å². The third-order valence-corrected chi connectivity index (χ3v) is 7.09. The number of hydrogen-bond acceptors (Lipinski definition) is 4. The van der Waals surface area contributed by atoms with Crippen molar-refractivity contribution in [3.63, 3.8) is 0 Å². The molecule has 3 aromatic carbocycles. The van der Waals surface area contributed by atoms with E-state index in [1.54, 1.807) is 38.5 Å². The van der Waals surface area contributed by atoms with Crippen molar-refractivity contribution in [2.45, 2.75) is 18.0 Å². The Morgan fingerprint density at radius 3 is 1.60 bits per heavy atom. The summed E-state index contributed by atoms with van der Waals surface area (Å²) in [7, 11) is -0.674. The molecule has 0 atom stereocenters. The molecule has 0 radical (unpaired) electrons. The van der Waals surface area contributed by atoms with E-state index in [9.17, 15) is 8.42 Å². The minimum Gasteiger partial charge on any atom is -0.497 e.